The predicted molar refractivity (Wildman–Crippen MR) is 77.4 cm³/mol. The smallest absolute Gasteiger partial charge is 0.236 e. The van der Waals surface area contributed by atoms with Gasteiger partial charge in [-0.05, 0) is 45.6 Å². The second-order valence-electron chi connectivity index (χ2n) is 6.53. The lowest BCUT2D eigenvalue weighted by atomic mass is 9.91. The van der Waals surface area contributed by atoms with E-state index in [-0.39, 0.29) is 12.0 Å². The average Bonchev–Trinajstić information content (AvgIpc) is 3.01. The van der Waals surface area contributed by atoms with Crippen molar-refractivity contribution in [2.45, 2.75) is 62.8 Å². The molecule has 114 valence electrons. The van der Waals surface area contributed by atoms with Gasteiger partial charge >= 0.3 is 0 Å². The van der Waals surface area contributed by atoms with Crippen LogP contribution in [0.1, 0.15) is 38.5 Å². The summed E-state index contributed by atoms with van der Waals surface area (Å²) in [6.07, 6.45) is 6.30. The van der Waals surface area contributed by atoms with Crippen LogP contribution in [0.15, 0.2) is 0 Å². The van der Waals surface area contributed by atoms with Crippen molar-refractivity contribution in [3.63, 3.8) is 0 Å². The summed E-state index contributed by atoms with van der Waals surface area (Å²) in [5.41, 5.74) is 0. The Balaban J connectivity index is 1.61. The fourth-order valence-electron chi connectivity index (χ4n) is 4.43. The number of amides is 1. The summed E-state index contributed by atoms with van der Waals surface area (Å²) in [5, 5.41) is 12.6. The zero-order valence-corrected chi connectivity index (χ0v) is 12.4. The molecule has 0 radical (unpaired) electrons. The molecule has 2 unspecified atom stereocenters. The Morgan fingerprint density at radius 3 is 2.50 bits per heavy atom. The van der Waals surface area contributed by atoms with E-state index in [2.05, 4.69) is 15.1 Å². The summed E-state index contributed by atoms with van der Waals surface area (Å²) in [5.74, 6) is 0.251. The lowest BCUT2D eigenvalue weighted by Gasteiger charge is -2.36. The molecule has 1 aliphatic carbocycles. The molecule has 3 fully saturated rings. The molecule has 2 aliphatic heterocycles. The second-order valence-corrected chi connectivity index (χ2v) is 6.53. The van der Waals surface area contributed by atoms with Crippen molar-refractivity contribution in [2.24, 2.45) is 0 Å². The molecule has 3 aliphatic rings. The molecule has 20 heavy (non-hydrogen) atoms. The van der Waals surface area contributed by atoms with Gasteiger partial charge in [0.1, 0.15) is 0 Å². The van der Waals surface area contributed by atoms with Gasteiger partial charge in [-0.15, -0.1) is 0 Å². The minimum Gasteiger partial charge on any atom is -0.393 e. The number of aliphatic hydroxyl groups is 1. The van der Waals surface area contributed by atoms with Crippen molar-refractivity contribution < 1.29 is 9.90 Å². The van der Waals surface area contributed by atoms with Gasteiger partial charge in [0.2, 0.25) is 5.91 Å². The molecule has 2 saturated heterocycles. The van der Waals surface area contributed by atoms with Crippen LogP contribution in [0.5, 0.6) is 0 Å². The highest BCUT2D eigenvalue weighted by molar-refractivity contribution is 5.79. The van der Waals surface area contributed by atoms with Gasteiger partial charge in [-0.25, -0.2) is 0 Å². The molecule has 0 aromatic carbocycles. The van der Waals surface area contributed by atoms with Crippen LogP contribution in [-0.4, -0.2) is 71.7 Å². The van der Waals surface area contributed by atoms with E-state index >= 15 is 0 Å². The first-order valence-corrected chi connectivity index (χ1v) is 8.08. The Morgan fingerprint density at radius 1 is 1.10 bits per heavy atom. The van der Waals surface area contributed by atoms with Gasteiger partial charge in [0.15, 0.2) is 0 Å². The molecule has 0 aromatic heterocycles. The number of carbonyl (C=O) groups excluding carboxylic acids is 1. The molecule has 1 saturated carbocycles. The van der Waals surface area contributed by atoms with Gasteiger partial charge in [0.05, 0.1) is 12.6 Å². The van der Waals surface area contributed by atoms with Crippen molar-refractivity contribution in [1.82, 2.24) is 15.1 Å². The summed E-state index contributed by atoms with van der Waals surface area (Å²) in [4.78, 5) is 16.9. The molecule has 5 nitrogen and oxygen atoms in total. The standard InChI is InChI=1S/C15H27N3O2/c1-16-10-15(20)18-9-7-13-14(18)6-8-17(13)11-2-4-12(19)5-3-11/h11-14,16,19H,2-10H2,1H3. The summed E-state index contributed by atoms with van der Waals surface area (Å²) in [7, 11) is 1.83. The van der Waals surface area contributed by atoms with Crippen LogP contribution in [-0.2, 0) is 4.79 Å². The first-order valence-electron chi connectivity index (χ1n) is 8.08. The summed E-state index contributed by atoms with van der Waals surface area (Å²) in [6.45, 7) is 2.50. The van der Waals surface area contributed by atoms with Gasteiger partial charge < -0.3 is 15.3 Å². The number of likely N-dealkylation sites (tertiary alicyclic amines) is 2. The molecule has 2 atom stereocenters. The number of likely N-dealkylation sites (N-methyl/N-ethyl adjacent to an activating group) is 1. The fourth-order valence-corrected chi connectivity index (χ4v) is 4.43. The molecule has 3 rings (SSSR count). The lowest BCUT2D eigenvalue weighted by Crippen LogP contribution is -2.46. The summed E-state index contributed by atoms with van der Waals surface area (Å²) >= 11 is 0. The van der Waals surface area contributed by atoms with Crippen LogP contribution in [0.2, 0.25) is 0 Å². The van der Waals surface area contributed by atoms with Gasteiger partial charge in [-0.1, -0.05) is 0 Å². The molecular weight excluding hydrogens is 254 g/mol. The minimum absolute atomic E-state index is 0.0815. The number of nitrogens with zero attached hydrogens (tertiary/aromatic N) is 2. The fraction of sp³-hybridized carbons (Fsp3) is 0.933. The van der Waals surface area contributed by atoms with Crippen molar-refractivity contribution >= 4 is 5.91 Å². The SMILES string of the molecule is CNCC(=O)N1CCC2C1CCN2C1CCC(O)CC1. The van der Waals surface area contributed by atoms with Crippen LogP contribution in [0.25, 0.3) is 0 Å². The Kier molecular flexibility index (Phi) is 4.29. The normalized spacial score (nSPS) is 38.2. The van der Waals surface area contributed by atoms with Crippen LogP contribution in [0.3, 0.4) is 0 Å². The molecular formula is C15H27N3O2. The van der Waals surface area contributed by atoms with Crippen LogP contribution in [0.4, 0.5) is 0 Å². The number of carbonyl (C=O) groups is 1. The van der Waals surface area contributed by atoms with Gasteiger partial charge in [-0.3, -0.25) is 9.69 Å². The molecule has 0 aromatic rings. The third kappa shape index (κ3) is 2.59. The second kappa shape index (κ2) is 6.00. The average molecular weight is 281 g/mol. The molecule has 0 bridgehead atoms. The molecule has 2 N–H and O–H groups in total. The zero-order chi connectivity index (χ0) is 14.1. The number of nitrogens with one attached hydrogen (secondary N) is 1. The van der Waals surface area contributed by atoms with Gasteiger partial charge in [0.25, 0.3) is 0 Å². The maximum atomic E-state index is 12.1. The van der Waals surface area contributed by atoms with Gasteiger partial charge in [0, 0.05) is 31.2 Å². The first kappa shape index (κ1) is 14.3. The number of fused-ring (bicyclic) bond motifs is 1. The van der Waals surface area contributed by atoms with Crippen molar-refractivity contribution in [3.05, 3.63) is 0 Å². The van der Waals surface area contributed by atoms with E-state index in [9.17, 15) is 9.90 Å². The number of hydrogen-bond acceptors (Lipinski definition) is 4. The third-order valence-electron chi connectivity index (χ3n) is 5.40. The maximum absolute atomic E-state index is 12.1. The molecule has 5 heteroatoms. The Bertz CT molecular complexity index is 355. The highest BCUT2D eigenvalue weighted by atomic mass is 16.3. The van der Waals surface area contributed by atoms with E-state index in [1.807, 2.05) is 7.05 Å². The zero-order valence-electron chi connectivity index (χ0n) is 12.4. The van der Waals surface area contributed by atoms with Crippen LogP contribution >= 0.6 is 0 Å². The van der Waals surface area contributed by atoms with E-state index in [0.717, 1.165) is 51.6 Å². The lowest BCUT2D eigenvalue weighted by molar-refractivity contribution is -0.131. The van der Waals surface area contributed by atoms with E-state index in [0.29, 0.717) is 24.7 Å². The highest BCUT2D eigenvalue weighted by Gasteiger charge is 2.46. The quantitative estimate of drug-likeness (QED) is 0.775. The van der Waals surface area contributed by atoms with Crippen LogP contribution in [0, 0.1) is 0 Å². The third-order valence-corrected chi connectivity index (χ3v) is 5.40. The Labute approximate surface area is 121 Å². The summed E-state index contributed by atoms with van der Waals surface area (Å²) < 4.78 is 0. The maximum Gasteiger partial charge on any atom is 0.236 e. The van der Waals surface area contributed by atoms with Gasteiger partial charge in [-0.2, -0.15) is 0 Å². The topological polar surface area (TPSA) is 55.8 Å². The first-order chi connectivity index (χ1) is 9.70. The van der Waals surface area contributed by atoms with Crippen molar-refractivity contribution in [3.8, 4) is 0 Å². The Morgan fingerprint density at radius 2 is 1.80 bits per heavy atom. The highest BCUT2D eigenvalue weighted by Crippen LogP contribution is 2.36. The van der Waals surface area contributed by atoms with Crippen molar-refractivity contribution in [2.75, 3.05) is 26.7 Å². The number of rotatable bonds is 3. The van der Waals surface area contributed by atoms with E-state index in [1.54, 1.807) is 0 Å². The monoisotopic (exact) mass is 281 g/mol. The van der Waals surface area contributed by atoms with Crippen molar-refractivity contribution in [1.29, 1.82) is 0 Å². The van der Waals surface area contributed by atoms with E-state index in [4.69, 9.17) is 0 Å². The van der Waals surface area contributed by atoms with E-state index < -0.39 is 0 Å². The Hall–Kier alpha value is -0.650. The predicted octanol–water partition coefficient (Wildman–Crippen LogP) is 0.185. The largest absolute Gasteiger partial charge is 0.393 e. The number of hydrogen-bond donors (Lipinski definition) is 2. The molecule has 1 amide bonds. The molecule has 0 spiro atoms. The molecule has 2 heterocycles. The number of aliphatic hydroxyl groups excluding tert-OH is 1. The summed E-state index contributed by atoms with van der Waals surface area (Å²) in [6, 6.07) is 1.63. The van der Waals surface area contributed by atoms with Crippen LogP contribution < -0.4 is 5.32 Å². The van der Waals surface area contributed by atoms with E-state index in [1.165, 1.54) is 0 Å². The minimum atomic E-state index is -0.0815.